The fraction of sp³-hybridized carbons (Fsp3) is 0.286. The van der Waals surface area contributed by atoms with Crippen LogP contribution in [-0.4, -0.2) is 49.3 Å². The quantitative estimate of drug-likeness (QED) is 0.558. The molecular weight excluding hydrogens is 401 g/mol. The largest absolute Gasteiger partial charge is 0.467 e. The third kappa shape index (κ3) is 4.29. The average Bonchev–Trinajstić information content (AvgIpc) is 3.16. The molecule has 1 amide bonds. The molecule has 9 heteroatoms. The number of hydrogen-bond acceptors (Lipinski definition) is 5. The van der Waals surface area contributed by atoms with E-state index in [-0.39, 0.29) is 24.1 Å². The van der Waals surface area contributed by atoms with Crippen molar-refractivity contribution in [2.24, 2.45) is 5.16 Å². The number of esters is 1. The standard InChI is InChI=1S/C21H19F3N2O4/c1-29-20(28)18-11-15(25-30-2)12-26(18)19(27)14-9-7-13(8-10-14)16-5-3-4-6-17(16)21(22,23)24/h3-10,18H,11-12H2,1-2H3/t18-/m0/s1. The van der Waals surface area contributed by atoms with E-state index < -0.39 is 29.7 Å². The van der Waals surface area contributed by atoms with E-state index in [4.69, 9.17) is 9.57 Å². The molecule has 1 fully saturated rings. The normalized spacial score (nSPS) is 17.8. The number of methoxy groups -OCH3 is 1. The molecule has 30 heavy (non-hydrogen) atoms. The lowest BCUT2D eigenvalue weighted by molar-refractivity contribution is -0.145. The first-order valence-corrected chi connectivity index (χ1v) is 9.00. The Labute approximate surface area is 170 Å². The van der Waals surface area contributed by atoms with Crippen molar-refractivity contribution in [2.45, 2.75) is 18.6 Å². The van der Waals surface area contributed by atoms with E-state index in [1.54, 1.807) is 0 Å². The molecule has 0 radical (unpaired) electrons. The first-order valence-electron chi connectivity index (χ1n) is 9.00. The van der Waals surface area contributed by atoms with Crippen molar-refractivity contribution < 1.29 is 32.3 Å². The Morgan fingerprint density at radius 1 is 1.07 bits per heavy atom. The molecule has 0 bridgehead atoms. The van der Waals surface area contributed by atoms with Gasteiger partial charge < -0.3 is 14.5 Å². The Hall–Kier alpha value is -3.36. The minimum atomic E-state index is -4.49. The van der Waals surface area contributed by atoms with Crippen molar-refractivity contribution in [1.82, 2.24) is 4.90 Å². The van der Waals surface area contributed by atoms with Crippen LogP contribution in [0, 0.1) is 0 Å². The van der Waals surface area contributed by atoms with Crippen molar-refractivity contribution >= 4 is 17.6 Å². The molecular formula is C21H19F3N2O4. The van der Waals surface area contributed by atoms with E-state index in [0.29, 0.717) is 11.3 Å². The van der Waals surface area contributed by atoms with Crippen molar-refractivity contribution in [3.63, 3.8) is 0 Å². The summed E-state index contributed by atoms with van der Waals surface area (Å²) in [5, 5.41) is 3.81. The monoisotopic (exact) mass is 420 g/mol. The maximum absolute atomic E-state index is 13.3. The van der Waals surface area contributed by atoms with Gasteiger partial charge in [-0.1, -0.05) is 35.5 Å². The van der Waals surface area contributed by atoms with Crippen LogP contribution in [-0.2, 0) is 20.5 Å². The Bertz CT molecular complexity index is 971. The Balaban J connectivity index is 1.89. The van der Waals surface area contributed by atoms with Crippen LogP contribution < -0.4 is 0 Å². The van der Waals surface area contributed by atoms with Crippen molar-refractivity contribution in [1.29, 1.82) is 0 Å². The highest BCUT2D eigenvalue weighted by Crippen LogP contribution is 2.37. The third-order valence-electron chi connectivity index (χ3n) is 4.79. The lowest BCUT2D eigenvalue weighted by Gasteiger charge is -2.22. The number of benzene rings is 2. The zero-order valence-corrected chi connectivity index (χ0v) is 16.3. The molecule has 1 saturated heterocycles. The van der Waals surface area contributed by atoms with Gasteiger partial charge in [0.2, 0.25) is 0 Å². The first-order chi connectivity index (χ1) is 14.3. The molecule has 0 aliphatic carbocycles. The van der Waals surface area contributed by atoms with Gasteiger partial charge in [0.25, 0.3) is 5.91 Å². The first kappa shape index (κ1) is 21.4. The SMILES string of the molecule is CON=C1C[C@@H](C(=O)OC)N(C(=O)c2ccc(-c3ccccc3C(F)(F)F)cc2)C1. The molecule has 158 valence electrons. The number of ether oxygens (including phenoxy) is 1. The molecule has 2 aromatic carbocycles. The number of nitrogens with zero attached hydrogens (tertiary/aromatic N) is 2. The molecule has 6 nitrogen and oxygen atoms in total. The Kier molecular flexibility index (Phi) is 6.09. The van der Waals surface area contributed by atoms with Crippen LogP contribution in [0.15, 0.2) is 53.7 Å². The summed E-state index contributed by atoms with van der Waals surface area (Å²) in [5.41, 5.74) is 0.335. The lowest BCUT2D eigenvalue weighted by Crippen LogP contribution is -2.41. The lowest BCUT2D eigenvalue weighted by atomic mass is 9.98. The minimum Gasteiger partial charge on any atom is -0.467 e. The van der Waals surface area contributed by atoms with Gasteiger partial charge >= 0.3 is 12.1 Å². The average molecular weight is 420 g/mol. The van der Waals surface area contributed by atoms with Crippen LogP contribution in [0.25, 0.3) is 11.1 Å². The number of alkyl halides is 3. The minimum absolute atomic E-state index is 0.0205. The van der Waals surface area contributed by atoms with Gasteiger partial charge in [0.05, 0.1) is 24.9 Å². The Morgan fingerprint density at radius 2 is 1.73 bits per heavy atom. The van der Waals surface area contributed by atoms with Crippen LogP contribution in [0.5, 0.6) is 0 Å². The number of carbonyl (C=O) groups excluding carboxylic acids is 2. The van der Waals surface area contributed by atoms with Crippen LogP contribution in [0.1, 0.15) is 22.3 Å². The topological polar surface area (TPSA) is 68.2 Å². The number of halogens is 3. The number of hydrogen-bond donors (Lipinski definition) is 0. The fourth-order valence-electron chi connectivity index (χ4n) is 3.40. The van der Waals surface area contributed by atoms with Crippen molar-refractivity contribution in [3.05, 3.63) is 59.7 Å². The number of rotatable bonds is 4. The highest BCUT2D eigenvalue weighted by atomic mass is 19.4. The van der Waals surface area contributed by atoms with Crippen LogP contribution in [0.3, 0.4) is 0 Å². The van der Waals surface area contributed by atoms with Crippen LogP contribution >= 0.6 is 0 Å². The van der Waals surface area contributed by atoms with Crippen LogP contribution in [0.2, 0.25) is 0 Å². The maximum atomic E-state index is 13.3. The van der Waals surface area contributed by atoms with Gasteiger partial charge in [-0.25, -0.2) is 4.79 Å². The molecule has 0 N–H and O–H groups in total. The second-order valence-corrected chi connectivity index (χ2v) is 6.64. The van der Waals surface area contributed by atoms with Gasteiger partial charge in [-0.2, -0.15) is 13.2 Å². The predicted molar refractivity (Wildman–Crippen MR) is 103 cm³/mol. The zero-order chi connectivity index (χ0) is 21.9. The van der Waals surface area contributed by atoms with Gasteiger partial charge in [-0.05, 0) is 29.3 Å². The molecule has 1 aliphatic rings. The number of likely N-dealkylation sites (tertiary alicyclic amines) is 1. The van der Waals surface area contributed by atoms with E-state index >= 15 is 0 Å². The van der Waals surface area contributed by atoms with E-state index in [2.05, 4.69) is 5.16 Å². The van der Waals surface area contributed by atoms with Gasteiger partial charge in [0.1, 0.15) is 13.2 Å². The van der Waals surface area contributed by atoms with E-state index in [1.807, 2.05) is 0 Å². The molecule has 1 aliphatic heterocycles. The second kappa shape index (κ2) is 8.56. The van der Waals surface area contributed by atoms with Crippen molar-refractivity contribution in [3.8, 4) is 11.1 Å². The molecule has 1 heterocycles. The second-order valence-electron chi connectivity index (χ2n) is 6.64. The van der Waals surface area contributed by atoms with Gasteiger partial charge in [-0.3, -0.25) is 4.79 Å². The molecule has 3 rings (SSSR count). The summed E-state index contributed by atoms with van der Waals surface area (Å²) in [7, 11) is 2.59. The fourth-order valence-corrected chi connectivity index (χ4v) is 3.40. The Morgan fingerprint density at radius 3 is 2.33 bits per heavy atom. The summed E-state index contributed by atoms with van der Waals surface area (Å²) in [6.45, 7) is 0.0884. The predicted octanol–water partition coefficient (Wildman–Crippen LogP) is 3.76. The number of amides is 1. The summed E-state index contributed by atoms with van der Waals surface area (Å²) in [6.07, 6.45) is -4.31. The van der Waals surface area contributed by atoms with E-state index in [1.165, 1.54) is 61.6 Å². The van der Waals surface area contributed by atoms with E-state index in [9.17, 15) is 22.8 Å². The van der Waals surface area contributed by atoms with Gasteiger partial charge in [0.15, 0.2) is 0 Å². The smallest absolute Gasteiger partial charge is 0.417 e. The van der Waals surface area contributed by atoms with E-state index in [0.717, 1.165) is 6.07 Å². The molecule has 1 atom stereocenters. The number of carbonyl (C=O) groups is 2. The summed E-state index contributed by atoms with van der Waals surface area (Å²) >= 11 is 0. The van der Waals surface area contributed by atoms with Gasteiger partial charge in [0, 0.05) is 12.0 Å². The van der Waals surface area contributed by atoms with Crippen molar-refractivity contribution in [2.75, 3.05) is 20.8 Å². The summed E-state index contributed by atoms with van der Waals surface area (Å²) < 4.78 is 44.6. The molecule has 0 saturated carbocycles. The highest BCUT2D eigenvalue weighted by Gasteiger charge is 2.39. The summed E-state index contributed by atoms with van der Waals surface area (Å²) in [6, 6.07) is 10.2. The molecule has 0 unspecified atom stereocenters. The third-order valence-corrected chi connectivity index (χ3v) is 4.79. The van der Waals surface area contributed by atoms with Crippen LogP contribution in [0.4, 0.5) is 13.2 Å². The summed E-state index contributed by atoms with van der Waals surface area (Å²) in [4.78, 5) is 31.0. The molecule has 2 aromatic rings. The maximum Gasteiger partial charge on any atom is 0.417 e. The molecule has 0 spiro atoms. The zero-order valence-electron chi connectivity index (χ0n) is 16.3. The van der Waals surface area contributed by atoms with Gasteiger partial charge in [-0.15, -0.1) is 0 Å². The highest BCUT2D eigenvalue weighted by molar-refractivity contribution is 6.04. The molecule has 0 aromatic heterocycles. The summed E-state index contributed by atoms with van der Waals surface area (Å²) in [5.74, 6) is -1.04. The number of oxime groups is 1.